The van der Waals surface area contributed by atoms with Crippen LogP contribution in [0.2, 0.25) is 0 Å². The highest BCUT2D eigenvalue weighted by Gasteiger charge is 2.37. The van der Waals surface area contributed by atoms with Gasteiger partial charge in [0.25, 0.3) is 5.91 Å². The molecule has 0 saturated carbocycles. The van der Waals surface area contributed by atoms with E-state index in [1.807, 2.05) is 17.9 Å². The fraction of sp³-hybridized carbons (Fsp3) is 0.579. The monoisotopic (exact) mass is 327 g/mol. The van der Waals surface area contributed by atoms with E-state index in [0.717, 1.165) is 80.0 Å². The molecule has 24 heavy (non-hydrogen) atoms. The van der Waals surface area contributed by atoms with Crippen molar-refractivity contribution in [3.8, 4) is 0 Å². The molecule has 0 bridgehead atoms. The Morgan fingerprint density at radius 3 is 2.96 bits per heavy atom. The summed E-state index contributed by atoms with van der Waals surface area (Å²) in [5.74, 6) is 1.97. The number of carbonyl (C=O) groups is 1. The van der Waals surface area contributed by atoms with Crippen LogP contribution in [0, 0.1) is 6.92 Å². The Morgan fingerprint density at radius 2 is 2.17 bits per heavy atom. The standard InChI is InChI=1S/C19H25N3O2/c1-13-17(14-6-3-4-7-15(14)24-13)18(23)22-11-5-9-19(2,12-22)16-8-10-20-21-16/h8,10H,3-7,9,11-12H2,1-2H3,(H,20,21). The van der Waals surface area contributed by atoms with Gasteiger partial charge in [-0.05, 0) is 45.1 Å². The molecule has 3 heterocycles. The molecule has 1 atom stereocenters. The molecule has 1 aliphatic carbocycles. The Bertz CT molecular complexity index is 747. The summed E-state index contributed by atoms with van der Waals surface area (Å²) >= 11 is 0. The number of aromatic amines is 1. The lowest BCUT2D eigenvalue weighted by molar-refractivity contribution is 0.0645. The molecule has 1 aliphatic heterocycles. The summed E-state index contributed by atoms with van der Waals surface area (Å²) < 4.78 is 5.91. The Morgan fingerprint density at radius 1 is 1.33 bits per heavy atom. The Balaban J connectivity index is 1.62. The average Bonchev–Trinajstić information content (AvgIpc) is 3.21. The van der Waals surface area contributed by atoms with E-state index in [9.17, 15) is 4.79 Å². The summed E-state index contributed by atoms with van der Waals surface area (Å²) in [4.78, 5) is 15.3. The van der Waals surface area contributed by atoms with Crippen molar-refractivity contribution in [3.05, 3.63) is 40.6 Å². The molecule has 5 nitrogen and oxygen atoms in total. The molecule has 1 N–H and O–H groups in total. The van der Waals surface area contributed by atoms with Crippen LogP contribution in [0.5, 0.6) is 0 Å². The van der Waals surface area contributed by atoms with Gasteiger partial charge < -0.3 is 9.32 Å². The number of aryl methyl sites for hydroxylation is 2. The van der Waals surface area contributed by atoms with Gasteiger partial charge in [0.2, 0.25) is 0 Å². The van der Waals surface area contributed by atoms with E-state index in [-0.39, 0.29) is 11.3 Å². The minimum absolute atomic E-state index is 0.0535. The first-order valence-electron chi connectivity index (χ1n) is 8.99. The van der Waals surface area contributed by atoms with E-state index in [1.165, 1.54) is 0 Å². The van der Waals surface area contributed by atoms with Crippen LogP contribution in [0.4, 0.5) is 0 Å². The Labute approximate surface area is 142 Å². The molecular weight excluding hydrogens is 302 g/mol. The predicted octanol–water partition coefficient (Wildman–Crippen LogP) is 3.38. The SMILES string of the molecule is Cc1oc2c(c1C(=O)N1CCCC(C)(c3ccn[nH]3)C1)CCCC2. The van der Waals surface area contributed by atoms with E-state index in [2.05, 4.69) is 17.1 Å². The number of nitrogens with one attached hydrogen (secondary N) is 1. The van der Waals surface area contributed by atoms with Crippen LogP contribution < -0.4 is 0 Å². The molecule has 1 unspecified atom stereocenters. The number of fused-ring (bicyclic) bond motifs is 1. The zero-order chi connectivity index (χ0) is 16.7. The molecule has 2 aliphatic rings. The lowest BCUT2D eigenvalue weighted by Crippen LogP contribution is -2.47. The molecule has 4 rings (SSSR count). The summed E-state index contributed by atoms with van der Waals surface area (Å²) in [5.41, 5.74) is 3.06. The van der Waals surface area contributed by atoms with E-state index in [0.29, 0.717) is 0 Å². The van der Waals surface area contributed by atoms with Gasteiger partial charge in [-0.1, -0.05) is 6.92 Å². The minimum Gasteiger partial charge on any atom is -0.465 e. The van der Waals surface area contributed by atoms with Crippen molar-refractivity contribution in [2.45, 2.75) is 57.8 Å². The van der Waals surface area contributed by atoms with Crippen LogP contribution in [0.25, 0.3) is 0 Å². The largest absolute Gasteiger partial charge is 0.465 e. The number of furan rings is 1. The molecule has 2 aromatic heterocycles. The third-order valence-corrected chi connectivity index (χ3v) is 5.70. The van der Waals surface area contributed by atoms with Gasteiger partial charge in [-0.3, -0.25) is 9.89 Å². The first-order chi connectivity index (χ1) is 11.6. The van der Waals surface area contributed by atoms with Crippen LogP contribution in [-0.2, 0) is 18.3 Å². The normalized spacial score (nSPS) is 24.0. The molecule has 0 spiro atoms. The quantitative estimate of drug-likeness (QED) is 0.920. The van der Waals surface area contributed by atoms with Crippen LogP contribution in [0.1, 0.15) is 65.7 Å². The number of carbonyl (C=O) groups excluding carboxylic acids is 1. The van der Waals surface area contributed by atoms with E-state index < -0.39 is 0 Å². The van der Waals surface area contributed by atoms with Gasteiger partial charge in [-0.2, -0.15) is 5.10 Å². The molecular formula is C19H25N3O2. The summed E-state index contributed by atoms with van der Waals surface area (Å²) in [6.07, 6.45) is 8.13. The Kier molecular flexibility index (Phi) is 3.74. The lowest BCUT2D eigenvalue weighted by atomic mass is 9.79. The predicted molar refractivity (Wildman–Crippen MR) is 91.2 cm³/mol. The second-order valence-electron chi connectivity index (χ2n) is 7.50. The van der Waals surface area contributed by atoms with E-state index >= 15 is 0 Å². The van der Waals surface area contributed by atoms with Gasteiger partial charge in [-0.15, -0.1) is 0 Å². The van der Waals surface area contributed by atoms with Crippen molar-refractivity contribution >= 4 is 5.91 Å². The number of hydrogen-bond acceptors (Lipinski definition) is 3. The molecule has 1 amide bonds. The molecule has 0 radical (unpaired) electrons. The summed E-state index contributed by atoms with van der Waals surface area (Å²) in [6, 6.07) is 2.03. The summed E-state index contributed by atoms with van der Waals surface area (Å²) in [5, 5.41) is 7.19. The number of rotatable bonds is 2. The zero-order valence-electron chi connectivity index (χ0n) is 14.5. The van der Waals surface area contributed by atoms with Crippen molar-refractivity contribution < 1.29 is 9.21 Å². The minimum atomic E-state index is -0.0535. The van der Waals surface area contributed by atoms with Gasteiger partial charge >= 0.3 is 0 Å². The maximum atomic E-state index is 13.3. The van der Waals surface area contributed by atoms with Gasteiger partial charge in [0.05, 0.1) is 5.56 Å². The van der Waals surface area contributed by atoms with Crippen molar-refractivity contribution in [1.82, 2.24) is 15.1 Å². The fourth-order valence-electron chi connectivity index (χ4n) is 4.37. The third kappa shape index (κ3) is 2.46. The van der Waals surface area contributed by atoms with Crippen molar-refractivity contribution in [1.29, 1.82) is 0 Å². The second kappa shape index (κ2) is 5.80. The van der Waals surface area contributed by atoms with Gasteiger partial charge in [0.15, 0.2) is 0 Å². The van der Waals surface area contributed by atoms with E-state index in [4.69, 9.17) is 4.42 Å². The Hall–Kier alpha value is -2.04. The lowest BCUT2D eigenvalue weighted by Gasteiger charge is -2.40. The summed E-state index contributed by atoms with van der Waals surface area (Å²) in [7, 11) is 0. The molecule has 128 valence electrons. The van der Waals surface area contributed by atoms with Gasteiger partial charge in [0, 0.05) is 42.4 Å². The summed E-state index contributed by atoms with van der Waals surface area (Å²) in [6.45, 7) is 5.70. The van der Waals surface area contributed by atoms with Crippen LogP contribution >= 0.6 is 0 Å². The highest BCUT2D eigenvalue weighted by Crippen LogP contribution is 2.35. The van der Waals surface area contributed by atoms with Crippen molar-refractivity contribution in [2.75, 3.05) is 13.1 Å². The van der Waals surface area contributed by atoms with E-state index in [1.54, 1.807) is 6.20 Å². The van der Waals surface area contributed by atoms with Crippen LogP contribution in [0.15, 0.2) is 16.7 Å². The fourth-order valence-corrected chi connectivity index (χ4v) is 4.37. The number of aromatic nitrogens is 2. The van der Waals surface area contributed by atoms with Gasteiger partial charge in [0.1, 0.15) is 11.5 Å². The molecule has 5 heteroatoms. The number of likely N-dealkylation sites (tertiary alicyclic amines) is 1. The molecule has 0 aromatic carbocycles. The molecule has 1 saturated heterocycles. The average molecular weight is 327 g/mol. The topological polar surface area (TPSA) is 62.1 Å². The first kappa shape index (κ1) is 15.5. The maximum Gasteiger partial charge on any atom is 0.257 e. The van der Waals surface area contributed by atoms with Crippen LogP contribution in [0.3, 0.4) is 0 Å². The highest BCUT2D eigenvalue weighted by atomic mass is 16.3. The van der Waals surface area contributed by atoms with Crippen molar-refractivity contribution in [3.63, 3.8) is 0 Å². The maximum absolute atomic E-state index is 13.3. The third-order valence-electron chi connectivity index (χ3n) is 5.70. The molecule has 2 aromatic rings. The molecule has 1 fully saturated rings. The second-order valence-corrected chi connectivity index (χ2v) is 7.50. The zero-order valence-corrected chi connectivity index (χ0v) is 14.5. The van der Waals surface area contributed by atoms with Crippen molar-refractivity contribution in [2.24, 2.45) is 0 Å². The highest BCUT2D eigenvalue weighted by molar-refractivity contribution is 5.97. The van der Waals surface area contributed by atoms with Crippen LogP contribution in [-0.4, -0.2) is 34.1 Å². The van der Waals surface area contributed by atoms with Gasteiger partial charge in [-0.25, -0.2) is 0 Å². The number of piperidine rings is 1. The number of nitrogens with zero attached hydrogens (tertiary/aromatic N) is 2. The number of amides is 1. The smallest absolute Gasteiger partial charge is 0.257 e. The number of hydrogen-bond donors (Lipinski definition) is 1. The number of H-pyrrole nitrogens is 1. The first-order valence-corrected chi connectivity index (χ1v) is 8.99.